The summed E-state index contributed by atoms with van der Waals surface area (Å²) < 4.78 is 0. The third-order valence-corrected chi connectivity index (χ3v) is 6.24. The Hall–Kier alpha value is -1.96. The first-order valence-corrected chi connectivity index (χ1v) is 11.1. The fourth-order valence-corrected chi connectivity index (χ4v) is 3.96. The van der Waals surface area contributed by atoms with Crippen LogP contribution >= 0.6 is 0 Å². The number of benzene rings is 2. The lowest BCUT2D eigenvalue weighted by Crippen LogP contribution is -2.23. The molecule has 2 heteroatoms. The summed E-state index contributed by atoms with van der Waals surface area (Å²) in [5, 5.41) is 20.6. The van der Waals surface area contributed by atoms with Gasteiger partial charge in [-0.2, -0.15) is 0 Å². The second-order valence-corrected chi connectivity index (χ2v) is 8.29. The molecule has 28 heavy (non-hydrogen) atoms. The molecule has 0 unspecified atom stereocenters. The van der Waals surface area contributed by atoms with Crippen molar-refractivity contribution in [2.75, 3.05) is 0 Å². The molecule has 2 N–H and O–H groups in total. The average Bonchev–Trinajstić information content (AvgIpc) is 2.70. The minimum atomic E-state index is -0.138. The van der Waals surface area contributed by atoms with Crippen molar-refractivity contribution in [2.24, 2.45) is 0 Å². The standard InChI is InChI=1S/C26H38O2/c1-5-8-10-12-20-18-22(14-16-24(20)27)26(4,7-3)23-15-17-25(28)21(19-23)13-11-9-6-2/h14-19,27-28H,5-13H2,1-4H3. The quantitative estimate of drug-likeness (QED) is 0.401. The summed E-state index contributed by atoms with van der Waals surface area (Å²) in [4.78, 5) is 0. The minimum absolute atomic E-state index is 0.138. The molecule has 0 bridgehead atoms. The summed E-state index contributed by atoms with van der Waals surface area (Å²) in [6.07, 6.45) is 9.76. The molecular formula is C26H38O2. The smallest absolute Gasteiger partial charge is 0.118 e. The van der Waals surface area contributed by atoms with Gasteiger partial charge in [0.1, 0.15) is 11.5 Å². The number of phenolic OH excluding ortho intramolecular Hbond substituents is 2. The highest BCUT2D eigenvalue weighted by molar-refractivity contribution is 5.47. The Kier molecular flexibility index (Phi) is 8.41. The van der Waals surface area contributed by atoms with Crippen LogP contribution in [0.2, 0.25) is 0 Å². The molecule has 154 valence electrons. The van der Waals surface area contributed by atoms with Crippen molar-refractivity contribution in [1.82, 2.24) is 0 Å². The lowest BCUT2D eigenvalue weighted by Gasteiger charge is -2.31. The molecule has 0 saturated carbocycles. The van der Waals surface area contributed by atoms with Crippen LogP contribution in [0.5, 0.6) is 11.5 Å². The van der Waals surface area contributed by atoms with Gasteiger partial charge in [-0.3, -0.25) is 0 Å². The molecule has 0 aliphatic rings. The molecule has 0 aliphatic carbocycles. The van der Waals surface area contributed by atoms with E-state index >= 15 is 0 Å². The van der Waals surface area contributed by atoms with Crippen molar-refractivity contribution < 1.29 is 10.2 Å². The van der Waals surface area contributed by atoms with Crippen LogP contribution < -0.4 is 0 Å². The second-order valence-electron chi connectivity index (χ2n) is 8.29. The molecule has 0 aromatic heterocycles. The van der Waals surface area contributed by atoms with E-state index in [4.69, 9.17) is 0 Å². The highest BCUT2D eigenvalue weighted by Gasteiger charge is 2.28. The summed E-state index contributed by atoms with van der Waals surface area (Å²) >= 11 is 0. The second kappa shape index (κ2) is 10.5. The van der Waals surface area contributed by atoms with Gasteiger partial charge in [0.05, 0.1) is 0 Å². The van der Waals surface area contributed by atoms with E-state index < -0.39 is 0 Å². The molecule has 0 heterocycles. The first-order valence-electron chi connectivity index (χ1n) is 11.1. The highest BCUT2D eigenvalue weighted by atomic mass is 16.3. The summed E-state index contributed by atoms with van der Waals surface area (Å²) in [5.41, 5.74) is 4.44. The Balaban J connectivity index is 2.36. The molecule has 2 rings (SSSR count). The van der Waals surface area contributed by atoms with Crippen LogP contribution in [0.25, 0.3) is 0 Å². The van der Waals surface area contributed by atoms with Crippen molar-refractivity contribution in [3.8, 4) is 11.5 Å². The third-order valence-electron chi connectivity index (χ3n) is 6.24. The molecule has 0 radical (unpaired) electrons. The van der Waals surface area contributed by atoms with Crippen LogP contribution in [-0.2, 0) is 18.3 Å². The maximum Gasteiger partial charge on any atom is 0.118 e. The maximum atomic E-state index is 10.3. The summed E-state index contributed by atoms with van der Waals surface area (Å²) in [6, 6.07) is 12.2. The average molecular weight is 383 g/mol. The Bertz CT molecular complexity index is 689. The summed E-state index contributed by atoms with van der Waals surface area (Å²) in [5.74, 6) is 0.813. The largest absolute Gasteiger partial charge is 0.508 e. The Labute approximate surface area is 171 Å². The predicted molar refractivity (Wildman–Crippen MR) is 119 cm³/mol. The Morgan fingerprint density at radius 3 is 1.46 bits per heavy atom. The van der Waals surface area contributed by atoms with E-state index in [1.54, 1.807) is 0 Å². The van der Waals surface area contributed by atoms with E-state index in [0.717, 1.165) is 43.2 Å². The van der Waals surface area contributed by atoms with Crippen LogP contribution in [0.4, 0.5) is 0 Å². The molecule has 2 nitrogen and oxygen atoms in total. The van der Waals surface area contributed by atoms with E-state index in [9.17, 15) is 10.2 Å². The van der Waals surface area contributed by atoms with E-state index in [2.05, 4.69) is 52.0 Å². The van der Waals surface area contributed by atoms with Crippen molar-refractivity contribution in [3.63, 3.8) is 0 Å². The van der Waals surface area contributed by atoms with Crippen LogP contribution in [0.1, 0.15) is 94.9 Å². The number of aromatic hydroxyl groups is 2. The van der Waals surface area contributed by atoms with Crippen molar-refractivity contribution >= 4 is 0 Å². The topological polar surface area (TPSA) is 40.5 Å². The monoisotopic (exact) mass is 382 g/mol. The molecule has 0 fully saturated rings. The zero-order valence-electron chi connectivity index (χ0n) is 18.2. The molecule has 0 aliphatic heterocycles. The van der Waals surface area contributed by atoms with Crippen LogP contribution in [-0.4, -0.2) is 10.2 Å². The zero-order valence-corrected chi connectivity index (χ0v) is 18.2. The maximum absolute atomic E-state index is 10.3. The summed E-state index contributed by atoms with van der Waals surface area (Å²) in [7, 11) is 0. The third kappa shape index (κ3) is 5.31. The number of hydrogen-bond acceptors (Lipinski definition) is 2. The number of aryl methyl sites for hydroxylation is 2. The van der Waals surface area contributed by atoms with E-state index in [1.807, 2.05) is 12.1 Å². The summed E-state index contributed by atoms with van der Waals surface area (Å²) in [6.45, 7) is 8.89. The molecule has 2 aromatic carbocycles. The SMILES string of the molecule is CCCCCc1cc(C(C)(CC)c2ccc(O)c(CCCCC)c2)ccc1O. The molecule has 0 saturated heterocycles. The van der Waals surface area contributed by atoms with Gasteiger partial charge < -0.3 is 10.2 Å². The van der Waals surface area contributed by atoms with E-state index in [-0.39, 0.29) is 5.41 Å². The van der Waals surface area contributed by atoms with Gasteiger partial charge >= 0.3 is 0 Å². The van der Waals surface area contributed by atoms with Gasteiger partial charge in [0.2, 0.25) is 0 Å². The minimum Gasteiger partial charge on any atom is -0.508 e. The zero-order chi connectivity index (χ0) is 20.6. The van der Waals surface area contributed by atoms with Gasteiger partial charge in [-0.15, -0.1) is 0 Å². The van der Waals surface area contributed by atoms with Crippen LogP contribution in [0.3, 0.4) is 0 Å². The number of hydrogen-bond donors (Lipinski definition) is 2. The van der Waals surface area contributed by atoms with Gasteiger partial charge in [-0.1, -0.05) is 77.6 Å². The lowest BCUT2D eigenvalue weighted by atomic mass is 9.73. The van der Waals surface area contributed by atoms with Crippen molar-refractivity contribution in [1.29, 1.82) is 0 Å². The van der Waals surface area contributed by atoms with Crippen LogP contribution in [0, 0.1) is 0 Å². The fraction of sp³-hybridized carbons (Fsp3) is 0.538. The van der Waals surface area contributed by atoms with Gasteiger partial charge in [0, 0.05) is 5.41 Å². The fourth-order valence-electron chi connectivity index (χ4n) is 3.96. The molecule has 2 aromatic rings. The van der Waals surface area contributed by atoms with Gasteiger partial charge in [0.25, 0.3) is 0 Å². The van der Waals surface area contributed by atoms with Crippen molar-refractivity contribution in [2.45, 2.75) is 90.9 Å². The van der Waals surface area contributed by atoms with Gasteiger partial charge in [0.15, 0.2) is 0 Å². The number of unbranched alkanes of at least 4 members (excludes halogenated alkanes) is 4. The number of rotatable bonds is 11. The highest BCUT2D eigenvalue weighted by Crippen LogP contribution is 2.39. The van der Waals surface area contributed by atoms with Gasteiger partial charge in [-0.25, -0.2) is 0 Å². The van der Waals surface area contributed by atoms with Crippen molar-refractivity contribution in [3.05, 3.63) is 58.7 Å². The Morgan fingerprint density at radius 1 is 0.679 bits per heavy atom. The molecule has 0 spiro atoms. The van der Waals surface area contributed by atoms with E-state index in [0.29, 0.717) is 11.5 Å². The first kappa shape index (κ1) is 22.3. The lowest BCUT2D eigenvalue weighted by molar-refractivity contribution is 0.462. The normalized spacial score (nSPS) is 11.7. The van der Waals surface area contributed by atoms with Crippen LogP contribution in [0.15, 0.2) is 36.4 Å². The molecule has 0 atom stereocenters. The van der Waals surface area contributed by atoms with E-state index in [1.165, 1.54) is 36.8 Å². The number of phenols is 2. The van der Waals surface area contributed by atoms with Gasteiger partial charge in [-0.05, 0) is 66.5 Å². The molecular weight excluding hydrogens is 344 g/mol. The first-order chi connectivity index (χ1) is 13.5. The Morgan fingerprint density at radius 2 is 1.11 bits per heavy atom. The predicted octanol–water partition coefficient (Wildman–Crippen LogP) is 7.28. The molecule has 0 amide bonds.